The van der Waals surface area contributed by atoms with Gasteiger partial charge in [-0.2, -0.15) is 10.1 Å². The van der Waals surface area contributed by atoms with Crippen LogP contribution in [0, 0.1) is 6.92 Å². The number of aromatic nitrogens is 4. The largest absolute Gasteiger partial charge is 0.341 e. The molecule has 0 bridgehead atoms. The van der Waals surface area contributed by atoms with Crippen LogP contribution in [0.1, 0.15) is 12.0 Å². The van der Waals surface area contributed by atoms with Gasteiger partial charge in [-0.25, -0.2) is 4.98 Å². The van der Waals surface area contributed by atoms with Crippen molar-refractivity contribution >= 4 is 17.0 Å². The van der Waals surface area contributed by atoms with Gasteiger partial charge in [-0.1, -0.05) is 29.8 Å². The van der Waals surface area contributed by atoms with E-state index in [0.29, 0.717) is 0 Å². The van der Waals surface area contributed by atoms with Crippen molar-refractivity contribution in [2.45, 2.75) is 13.3 Å². The Morgan fingerprint density at radius 2 is 1.90 bits per heavy atom. The zero-order chi connectivity index (χ0) is 13.5. The first-order valence-corrected chi connectivity index (χ1v) is 6.84. The Bertz CT molecular complexity index is 756. The lowest BCUT2D eigenvalue weighted by Gasteiger charge is -2.30. The van der Waals surface area contributed by atoms with Crippen molar-refractivity contribution in [2.24, 2.45) is 0 Å². The molecule has 5 heteroatoms. The molecule has 0 unspecified atom stereocenters. The first-order chi connectivity index (χ1) is 9.81. The number of anilines is 1. The predicted molar refractivity (Wildman–Crippen MR) is 78.7 cm³/mol. The van der Waals surface area contributed by atoms with Gasteiger partial charge in [0, 0.05) is 18.7 Å². The smallest absolute Gasteiger partial charge is 0.227 e. The molecule has 1 aliphatic heterocycles. The van der Waals surface area contributed by atoms with Crippen LogP contribution in [0.15, 0.2) is 30.5 Å². The van der Waals surface area contributed by atoms with Crippen LogP contribution < -0.4 is 4.90 Å². The summed E-state index contributed by atoms with van der Waals surface area (Å²) >= 11 is 0. The summed E-state index contributed by atoms with van der Waals surface area (Å²) < 4.78 is 0. The lowest BCUT2D eigenvalue weighted by molar-refractivity contribution is 0.602. The number of nitrogens with one attached hydrogen (secondary N) is 1. The van der Waals surface area contributed by atoms with Gasteiger partial charge in [-0.3, -0.25) is 5.10 Å². The van der Waals surface area contributed by atoms with Crippen LogP contribution >= 0.6 is 0 Å². The van der Waals surface area contributed by atoms with E-state index in [1.165, 1.54) is 12.0 Å². The van der Waals surface area contributed by atoms with Crippen LogP contribution in [-0.2, 0) is 0 Å². The Morgan fingerprint density at radius 3 is 2.60 bits per heavy atom. The summed E-state index contributed by atoms with van der Waals surface area (Å²) in [4.78, 5) is 11.5. The highest BCUT2D eigenvalue weighted by molar-refractivity contribution is 5.90. The number of aromatic amines is 1. The molecule has 3 aromatic rings. The molecule has 100 valence electrons. The van der Waals surface area contributed by atoms with E-state index in [-0.39, 0.29) is 0 Å². The van der Waals surface area contributed by atoms with Gasteiger partial charge < -0.3 is 4.90 Å². The first-order valence-electron chi connectivity index (χ1n) is 6.84. The molecule has 1 fully saturated rings. The molecule has 0 saturated carbocycles. The Hall–Kier alpha value is -2.43. The van der Waals surface area contributed by atoms with Gasteiger partial charge in [0.05, 0.1) is 17.3 Å². The molecular weight excluding hydrogens is 250 g/mol. The van der Waals surface area contributed by atoms with Gasteiger partial charge in [0.15, 0.2) is 5.65 Å². The Labute approximate surface area is 116 Å². The molecule has 1 N–H and O–H groups in total. The summed E-state index contributed by atoms with van der Waals surface area (Å²) in [5, 5.41) is 8.03. The molecule has 2 aromatic heterocycles. The van der Waals surface area contributed by atoms with E-state index in [1.54, 1.807) is 6.20 Å². The Balaban J connectivity index is 1.91. The number of aryl methyl sites for hydroxylation is 1. The van der Waals surface area contributed by atoms with Crippen LogP contribution in [-0.4, -0.2) is 33.3 Å². The van der Waals surface area contributed by atoms with E-state index >= 15 is 0 Å². The van der Waals surface area contributed by atoms with Gasteiger partial charge in [0.25, 0.3) is 0 Å². The highest BCUT2D eigenvalue weighted by Crippen LogP contribution is 2.28. The summed E-state index contributed by atoms with van der Waals surface area (Å²) in [5.74, 6) is 0.795. The zero-order valence-corrected chi connectivity index (χ0v) is 11.3. The molecule has 3 heterocycles. The maximum absolute atomic E-state index is 4.75. The minimum atomic E-state index is 0.795. The Kier molecular flexibility index (Phi) is 2.45. The zero-order valence-electron chi connectivity index (χ0n) is 11.3. The van der Waals surface area contributed by atoms with Crippen molar-refractivity contribution in [3.63, 3.8) is 0 Å². The molecule has 0 radical (unpaired) electrons. The third kappa shape index (κ3) is 1.74. The number of hydrogen-bond donors (Lipinski definition) is 1. The summed E-state index contributed by atoms with van der Waals surface area (Å²) in [7, 11) is 0. The van der Waals surface area contributed by atoms with Crippen molar-refractivity contribution in [3.05, 3.63) is 36.0 Å². The number of rotatable bonds is 2. The molecule has 0 amide bonds. The number of hydrogen-bond acceptors (Lipinski definition) is 4. The minimum Gasteiger partial charge on any atom is -0.341 e. The number of H-pyrrole nitrogens is 1. The van der Waals surface area contributed by atoms with E-state index in [2.05, 4.69) is 51.3 Å². The lowest BCUT2D eigenvalue weighted by Crippen LogP contribution is -2.38. The number of nitrogens with zero attached hydrogens (tertiary/aromatic N) is 4. The summed E-state index contributed by atoms with van der Waals surface area (Å²) in [6, 6.07) is 8.41. The molecule has 0 aliphatic carbocycles. The van der Waals surface area contributed by atoms with Crippen molar-refractivity contribution in [1.29, 1.82) is 0 Å². The van der Waals surface area contributed by atoms with Crippen molar-refractivity contribution in [3.8, 4) is 11.3 Å². The molecule has 5 nitrogen and oxygen atoms in total. The molecular formula is C15H15N5. The number of benzene rings is 1. The van der Waals surface area contributed by atoms with Gasteiger partial charge in [0.2, 0.25) is 5.95 Å². The SMILES string of the molecule is Cc1ccc(-c2nc(N3CCC3)nc3[nH]ncc23)cc1. The van der Waals surface area contributed by atoms with Crippen LogP contribution in [0.5, 0.6) is 0 Å². The molecule has 1 aromatic carbocycles. The summed E-state index contributed by atoms with van der Waals surface area (Å²) in [5.41, 5.74) is 4.10. The third-order valence-corrected chi connectivity index (χ3v) is 3.76. The van der Waals surface area contributed by atoms with E-state index in [4.69, 9.17) is 4.98 Å². The van der Waals surface area contributed by atoms with E-state index < -0.39 is 0 Å². The van der Waals surface area contributed by atoms with Crippen LogP contribution in [0.4, 0.5) is 5.95 Å². The lowest BCUT2D eigenvalue weighted by atomic mass is 10.1. The maximum Gasteiger partial charge on any atom is 0.227 e. The van der Waals surface area contributed by atoms with E-state index in [9.17, 15) is 0 Å². The molecule has 4 rings (SSSR count). The molecule has 1 saturated heterocycles. The van der Waals surface area contributed by atoms with Gasteiger partial charge >= 0.3 is 0 Å². The van der Waals surface area contributed by atoms with Crippen LogP contribution in [0.2, 0.25) is 0 Å². The van der Waals surface area contributed by atoms with E-state index in [1.807, 2.05) is 0 Å². The first kappa shape index (κ1) is 11.4. The van der Waals surface area contributed by atoms with Crippen molar-refractivity contribution in [1.82, 2.24) is 20.2 Å². The van der Waals surface area contributed by atoms with Gasteiger partial charge in [0.1, 0.15) is 0 Å². The maximum atomic E-state index is 4.75. The second-order valence-corrected chi connectivity index (χ2v) is 5.21. The van der Waals surface area contributed by atoms with Gasteiger partial charge in [-0.05, 0) is 13.3 Å². The highest BCUT2D eigenvalue weighted by Gasteiger charge is 2.20. The second kappa shape index (κ2) is 4.30. The minimum absolute atomic E-state index is 0.795. The fraction of sp³-hybridized carbons (Fsp3) is 0.267. The summed E-state index contributed by atoms with van der Waals surface area (Å²) in [6.45, 7) is 4.16. The fourth-order valence-corrected chi connectivity index (χ4v) is 2.41. The third-order valence-electron chi connectivity index (χ3n) is 3.76. The van der Waals surface area contributed by atoms with Gasteiger partial charge in [-0.15, -0.1) is 0 Å². The molecule has 0 spiro atoms. The standard InChI is InChI=1S/C15H15N5/c1-10-3-5-11(6-4-10)13-12-9-16-19-14(12)18-15(17-13)20-7-2-8-20/h3-6,9H,2,7-8H2,1H3,(H,16,17,18,19). The Morgan fingerprint density at radius 1 is 1.10 bits per heavy atom. The fourth-order valence-electron chi connectivity index (χ4n) is 2.41. The molecule has 0 atom stereocenters. The monoisotopic (exact) mass is 265 g/mol. The van der Waals surface area contributed by atoms with Crippen LogP contribution in [0.3, 0.4) is 0 Å². The average Bonchev–Trinajstić information content (AvgIpc) is 2.85. The molecule has 20 heavy (non-hydrogen) atoms. The second-order valence-electron chi connectivity index (χ2n) is 5.21. The number of fused-ring (bicyclic) bond motifs is 1. The van der Waals surface area contributed by atoms with Crippen molar-refractivity contribution < 1.29 is 0 Å². The quantitative estimate of drug-likeness (QED) is 0.773. The highest BCUT2D eigenvalue weighted by atomic mass is 15.3. The molecule has 1 aliphatic rings. The van der Waals surface area contributed by atoms with E-state index in [0.717, 1.165) is 41.3 Å². The topological polar surface area (TPSA) is 57.7 Å². The summed E-state index contributed by atoms with van der Waals surface area (Å²) in [6.07, 6.45) is 3.01. The average molecular weight is 265 g/mol. The van der Waals surface area contributed by atoms with Crippen LogP contribution in [0.25, 0.3) is 22.3 Å². The predicted octanol–water partition coefficient (Wildman–Crippen LogP) is 2.54. The normalized spacial score (nSPS) is 14.6. The van der Waals surface area contributed by atoms with Crippen molar-refractivity contribution in [2.75, 3.05) is 18.0 Å².